The zero-order valence-corrected chi connectivity index (χ0v) is 39.0. The van der Waals surface area contributed by atoms with Crippen LogP contribution in [-0.4, -0.2) is 112 Å². The van der Waals surface area contributed by atoms with Gasteiger partial charge in [-0.1, -0.05) is 142 Å². The average molecular weight is 895 g/mol. The fourth-order valence-corrected chi connectivity index (χ4v) is 7.10. The Morgan fingerprint density at radius 1 is 0.458 bits per heavy atom. The van der Waals surface area contributed by atoms with Crippen LogP contribution < -0.4 is 0 Å². The second kappa shape index (κ2) is 32.2. The first kappa shape index (κ1) is 56.4. The minimum Gasteiger partial charge on any atom is -0.745 e. The van der Waals surface area contributed by atoms with Crippen molar-refractivity contribution < 1.29 is 64.1 Å². The molecule has 0 aliphatic carbocycles. The van der Waals surface area contributed by atoms with Crippen LogP contribution in [0.3, 0.4) is 0 Å². The van der Waals surface area contributed by atoms with E-state index in [-0.39, 0.29) is 86.0 Å². The molecule has 0 aliphatic heterocycles. The summed E-state index contributed by atoms with van der Waals surface area (Å²) < 4.78 is 87.8. The SMILES string of the molecule is CCCCCCCCCOC(=O)c1ccccc1C(=O)OC(CCC)S(=O)(=O)[O-].CCCCCCCCCOC(=O)c1ccccc1C(=O)OC(CCC)S(=O)(=O)[O-].[Ca+2]. The molecular formula is C42H62CaO14S2. The third-order valence-electron chi connectivity index (χ3n) is 8.87. The fourth-order valence-electron chi connectivity index (χ4n) is 5.64. The molecule has 14 nitrogen and oxygen atoms in total. The molecule has 17 heteroatoms. The number of carbonyl (C=O) groups excluding carboxylic acids is 4. The van der Waals surface area contributed by atoms with Gasteiger partial charge in [0.1, 0.15) is 20.2 Å². The van der Waals surface area contributed by atoms with Gasteiger partial charge in [-0.25, -0.2) is 36.0 Å². The van der Waals surface area contributed by atoms with Crippen LogP contribution in [0.5, 0.6) is 0 Å². The Labute approximate surface area is 381 Å². The molecule has 0 spiro atoms. The van der Waals surface area contributed by atoms with Crippen LogP contribution in [0.2, 0.25) is 0 Å². The molecular weight excluding hydrogens is 833 g/mol. The topological polar surface area (TPSA) is 220 Å². The predicted molar refractivity (Wildman–Crippen MR) is 223 cm³/mol. The molecule has 0 amide bonds. The molecule has 2 rings (SSSR count). The summed E-state index contributed by atoms with van der Waals surface area (Å²) in [4.78, 5) is 49.4. The zero-order valence-electron chi connectivity index (χ0n) is 35.2. The van der Waals surface area contributed by atoms with Crippen LogP contribution in [0.4, 0.5) is 0 Å². The summed E-state index contributed by atoms with van der Waals surface area (Å²) in [5, 5.41) is 0. The first-order chi connectivity index (χ1) is 27.6. The number of esters is 4. The van der Waals surface area contributed by atoms with Crippen LogP contribution in [0.15, 0.2) is 48.5 Å². The van der Waals surface area contributed by atoms with Crippen molar-refractivity contribution in [2.45, 2.75) is 154 Å². The Hall–Kier alpha value is -2.60. The monoisotopic (exact) mass is 894 g/mol. The summed E-state index contributed by atoms with van der Waals surface area (Å²) >= 11 is 0. The fraction of sp³-hybridized carbons (Fsp3) is 0.619. The minimum atomic E-state index is -4.80. The third-order valence-corrected chi connectivity index (χ3v) is 10.8. The van der Waals surface area contributed by atoms with Gasteiger partial charge in [-0.2, -0.15) is 0 Å². The van der Waals surface area contributed by atoms with Crippen molar-refractivity contribution in [2.24, 2.45) is 0 Å². The van der Waals surface area contributed by atoms with Crippen LogP contribution in [0, 0.1) is 0 Å². The smallest absolute Gasteiger partial charge is 0.745 e. The van der Waals surface area contributed by atoms with Crippen molar-refractivity contribution in [1.82, 2.24) is 0 Å². The van der Waals surface area contributed by atoms with Gasteiger partial charge in [-0.05, 0) is 49.9 Å². The van der Waals surface area contributed by atoms with Crippen LogP contribution in [0.1, 0.15) is 185 Å². The van der Waals surface area contributed by atoms with E-state index >= 15 is 0 Å². The second-order valence-electron chi connectivity index (χ2n) is 13.8. The molecule has 328 valence electrons. The standard InChI is InChI=1S/2C21H32O7S.Ca/c2*1-3-5-6-7-8-9-12-16-27-20(22)17-14-10-11-15-18(17)21(23)28-19(13-4-2)29(24,25)26;/h2*10-11,14-15,19H,3-9,12-13,16H2,1-2H3,(H,24,25,26);/q;;+2/p-2. The molecule has 0 heterocycles. The zero-order chi connectivity index (χ0) is 43.4. The Balaban J connectivity index is 0.00000112. The van der Waals surface area contributed by atoms with Crippen molar-refractivity contribution in [3.63, 3.8) is 0 Å². The molecule has 0 fully saturated rings. The predicted octanol–water partition coefficient (Wildman–Crippen LogP) is 8.46. The quantitative estimate of drug-likeness (QED) is 0.0257. The number of rotatable bonds is 28. The summed E-state index contributed by atoms with van der Waals surface area (Å²) in [6, 6.07) is 11.7. The maximum atomic E-state index is 12.4. The van der Waals surface area contributed by atoms with Crippen molar-refractivity contribution in [3.8, 4) is 0 Å². The second-order valence-corrected chi connectivity index (χ2v) is 16.9. The van der Waals surface area contributed by atoms with Gasteiger partial charge in [-0.15, -0.1) is 0 Å². The third kappa shape index (κ3) is 23.8. The van der Waals surface area contributed by atoms with Crippen LogP contribution in [-0.2, 0) is 39.2 Å². The normalized spacial score (nSPS) is 12.2. The minimum absolute atomic E-state index is 0. The van der Waals surface area contributed by atoms with E-state index in [1.807, 2.05) is 0 Å². The molecule has 59 heavy (non-hydrogen) atoms. The van der Waals surface area contributed by atoms with E-state index < -0.39 is 55.0 Å². The molecule has 0 saturated carbocycles. The molecule has 2 aromatic carbocycles. The molecule has 0 N–H and O–H groups in total. The van der Waals surface area contributed by atoms with E-state index in [2.05, 4.69) is 13.8 Å². The molecule has 2 unspecified atom stereocenters. The molecule has 2 aromatic rings. The Morgan fingerprint density at radius 2 is 0.729 bits per heavy atom. The molecule has 2 atom stereocenters. The molecule has 0 aliphatic rings. The van der Waals surface area contributed by atoms with E-state index in [0.717, 1.165) is 51.4 Å². The molecule has 0 aromatic heterocycles. The van der Waals surface area contributed by atoms with Crippen molar-refractivity contribution in [2.75, 3.05) is 13.2 Å². The van der Waals surface area contributed by atoms with Crippen molar-refractivity contribution in [3.05, 3.63) is 70.8 Å². The Morgan fingerprint density at radius 3 is 1.00 bits per heavy atom. The van der Waals surface area contributed by atoms with E-state index in [1.54, 1.807) is 26.0 Å². The summed E-state index contributed by atoms with van der Waals surface area (Å²) in [5.41, 5.74) is -3.84. The first-order valence-electron chi connectivity index (χ1n) is 20.5. The number of carbonyl (C=O) groups is 4. The van der Waals surface area contributed by atoms with Gasteiger partial charge in [0.15, 0.2) is 10.9 Å². The molecule has 0 saturated heterocycles. The van der Waals surface area contributed by atoms with E-state index in [4.69, 9.17) is 18.9 Å². The number of benzene rings is 2. The summed E-state index contributed by atoms with van der Waals surface area (Å²) in [6.45, 7) is 8.14. The van der Waals surface area contributed by atoms with Gasteiger partial charge in [0.05, 0.1) is 35.5 Å². The summed E-state index contributed by atoms with van der Waals surface area (Å²) in [6.07, 6.45) is 15.6. The van der Waals surface area contributed by atoms with E-state index in [1.165, 1.54) is 74.9 Å². The average Bonchev–Trinajstić information content (AvgIpc) is 3.18. The molecule has 0 bridgehead atoms. The first-order valence-corrected chi connectivity index (χ1v) is 23.4. The van der Waals surface area contributed by atoms with Crippen LogP contribution >= 0.6 is 0 Å². The van der Waals surface area contributed by atoms with Gasteiger partial charge in [0, 0.05) is 0 Å². The Kier molecular flexibility index (Phi) is 30.7. The largest absolute Gasteiger partial charge is 2.00 e. The van der Waals surface area contributed by atoms with Gasteiger partial charge in [0.2, 0.25) is 0 Å². The molecule has 0 radical (unpaired) electrons. The van der Waals surface area contributed by atoms with Gasteiger partial charge in [0.25, 0.3) is 0 Å². The number of unbranched alkanes of at least 4 members (excludes halogenated alkanes) is 12. The maximum Gasteiger partial charge on any atom is 2.00 e. The van der Waals surface area contributed by atoms with E-state index in [0.29, 0.717) is 12.8 Å². The van der Waals surface area contributed by atoms with Gasteiger partial charge in [-0.3, -0.25) is 0 Å². The maximum absolute atomic E-state index is 12.4. The number of hydrogen-bond acceptors (Lipinski definition) is 14. The van der Waals surface area contributed by atoms with Crippen LogP contribution in [0.25, 0.3) is 0 Å². The number of ether oxygens (including phenoxy) is 4. The summed E-state index contributed by atoms with van der Waals surface area (Å²) in [7, 11) is -9.60. The van der Waals surface area contributed by atoms with Gasteiger partial charge >= 0.3 is 61.6 Å². The van der Waals surface area contributed by atoms with Gasteiger partial charge < -0.3 is 28.1 Å². The summed E-state index contributed by atoms with van der Waals surface area (Å²) in [5.74, 6) is -3.43. The number of hydrogen-bond donors (Lipinski definition) is 0. The Bertz CT molecular complexity index is 1620. The van der Waals surface area contributed by atoms with Crippen molar-refractivity contribution in [1.29, 1.82) is 0 Å². The van der Waals surface area contributed by atoms with Crippen molar-refractivity contribution >= 4 is 81.9 Å². The van der Waals surface area contributed by atoms with E-state index in [9.17, 15) is 45.1 Å².